The van der Waals surface area contributed by atoms with Gasteiger partial charge in [0.15, 0.2) is 0 Å². The third kappa shape index (κ3) is 2.41. The van der Waals surface area contributed by atoms with Crippen molar-refractivity contribution in [2.45, 2.75) is 31.6 Å². The fourth-order valence-corrected chi connectivity index (χ4v) is 4.90. The van der Waals surface area contributed by atoms with Crippen LogP contribution in [-0.4, -0.2) is 15.8 Å². The highest BCUT2D eigenvalue weighted by molar-refractivity contribution is 7.67. The lowest BCUT2D eigenvalue weighted by atomic mass is 10.3. The Morgan fingerprint density at radius 3 is 2.31 bits per heavy atom. The van der Waals surface area contributed by atoms with E-state index in [2.05, 4.69) is 62.2 Å². The Kier molecular flexibility index (Phi) is 3.25. The first kappa shape index (κ1) is 11.5. The molecule has 2 heteroatoms. The predicted octanol–water partition coefficient (Wildman–Crippen LogP) is 3.48. The molecule has 0 saturated carbocycles. The summed E-state index contributed by atoms with van der Waals surface area (Å²) < 4.78 is 0. The van der Waals surface area contributed by atoms with Crippen LogP contribution in [0.4, 0.5) is 0 Å². The standard InChI is InChI=1S/C14H18NP/c1-14(2,3)16(12-8-4-5-9-12)13-10-6-7-11-15-13/h4-12H,1-3H3. The van der Waals surface area contributed by atoms with E-state index in [1.165, 1.54) is 5.44 Å². The molecule has 0 aromatic carbocycles. The van der Waals surface area contributed by atoms with Gasteiger partial charge < -0.3 is 0 Å². The maximum atomic E-state index is 4.55. The van der Waals surface area contributed by atoms with Crippen molar-refractivity contribution in [3.63, 3.8) is 0 Å². The summed E-state index contributed by atoms with van der Waals surface area (Å²) in [6.07, 6.45) is 10.8. The molecule has 1 nitrogen and oxygen atoms in total. The van der Waals surface area contributed by atoms with Gasteiger partial charge in [-0.25, -0.2) is 0 Å². The van der Waals surface area contributed by atoms with Gasteiger partial charge in [-0.05, 0) is 25.2 Å². The zero-order valence-electron chi connectivity index (χ0n) is 10.1. The molecule has 0 amide bonds. The van der Waals surface area contributed by atoms with Crippen LogP contribution in [0, 0.1) is 0 Å². The lowest BCUT2D eigenvalue weighted by Crippen LogP contribution is -2.26. The van der Waals surface area contributed by atoms with Gasteiger partial charge in [-0.2, -0.15) is 0 Å². The molecule has 16 heavy (non-hydrogen) atoms. The summed E-state index contributed by atoms with van der Waals surface area (Å²) in [7, 11) is -0.283. The van der Waals surface area contributed by atoms with E-state index in [1.54, 1.807) is 0 Å². The Morgan fingerprint density at radius 2 is 1.81 bits per heavy atom. The molecule has 0 bridgehead atoms. The quantitative estimate of drug-likeness (QED) is 0.710. The molecule has 0 N–H and O–H groups in total. The van der Waals surface area contributed by atoms with Crippen molar-refractivity contribution >= 4 is 13.4 Å². The van der Waals surface area contributed by atoms with Crippen LogP contribution in [0.1, 0.15) is 20.8 Å². The van der Waals surface area contributed by atoms with Crippen LogP contribution < -0.4 is 5.44 Å². The van der Waals surface area contributed by atoms with Crippen molar-refractivity contribution in [1.29, 1.82) is 0 Å². The highest BCUT2D eigenvalue weighted by atomic mass is 31.1. The molecule has 0 aliphatic heterocycles. The number of allylic oxidation sites excluding steroid dienone is 4. The summed E-state index contributed by atoms with van der Waals surface area (Å²) in [5.41, 5.74) is 1.80. The fourth-order valence-electron chi connectivity index (χ4n) is 2.03. The van der Waals surface area contributed by atoms with E-state index in [0.717, 1.165) is 0 Å². The fraction of sp³-hybridized carbons (Fsp3) is 0.357. The summed E-state index contributed by atoms with van der Waals surface area (Å²) in [5, 5.41) is 0.285. The zero-order valence-corrected chi connectivity index (χ0v) is 11.0. The smallest absolute Gasteiger partial charge is 0.0644 e. The minimum Gasteiger partial charge on any atom is -0.256 e. The van der Waals surface area contributed by atoms with Crippen molar-refractivity contribution in [2.75, 3.05) is 0 Å². The average Bonchev–Trinajstić information content (AvgIpc) is 2.71. The Bertz CT molecular complexity index is 388. The molecule has 0 saturated heterocycles. The highest BCUT2D eigenvalue weighted by Gasteiger charge is 2.32. The molecule has 1 aromatic rings. The van der Waals surface area contributed by atoms with Gasteiger partial charge in [0.1, 0.15) is 0 Å². The molecule has 1 aliphatic rings. The minimum atomic E-state index is -0.283. The molecule has 1 aromatic heterocycles. The molecule has 0 fully saturated rings. The maximum Gasteiger partial charge on any atom is 0.0644 e. The summed E-state index contributed by atoms with van der Waals surface area (Å²) in [6, 6.07) is 6.24. The Hall–Kier alpha value is -0.940. The van der Waals surface area contributed by atoms with Gasteiger partial charge in [-0.15, -0.1) is 0 Å². The van der Waals surface area contributed by atoms with E-state index in [1.807, 2.05) is 12.3 Å². The van der Waals surface area contributed by atoms with Crippen LogP contribution in [0.5, 0.6) is 0 Å². The second kappa shape index (κ2) is 4.51. The summed E-state index contributed by atoms with van der Waals surface area (Å²) >= 11 is 0. The molecule has 1 unspecified atom stereocenters. The normalized spacial score (nSPS) is 17.9. The largest absolute Gasteiger partial charge is 0.256 e. The second-order valence-electron chi connectivity index (χ2n) is 4.99. The molecule has 1 aliphatic carbocycles. The van der Waals surface area contributed by atoms with Gasteiger partial charge in [0.05, 0.1) is 5.44 Å². The van der Waals surface area contributed by atoms with Crippen LogP contribution in [0.25, 0.3) is 0 Å². The number of nitrogens with zero attached hydrogens (tertiary/aromatic N) is 1. The zero-order chi connectivity index (χ0) is 11.6. The molecule has 84 valence electrons. The number of rotatable bonds is 2. The van der Waals surface area contributed by atoms with E-state index in [4.69, 9.17) is 0 Å². The Morgan fingerprint density at radius 1 is 1.12 bits per heavy atom. The van der Waals surface area contributed by atoms with Gasteiger partial charge >= 0.3 is 0 Å². The first-order chi connectivity index (χ1) is 7.59. The third-order valence-corrected chi connectivity index (χ3v) is 5.79. The third-order valence-electron chi connectivity index (χ3n) is 2.64. The molecule has 1 atom stereocenters. The van der Waals surface area contributed by atoms with E-state index >= 15 is 0 Å². The topological polar surface area (TPSA) is 12.9 Å². The van der Waals surface area contributed by atoms with E-state index in [-0.39, 0.29) is 13.1 Å². The number of hydrogen-bond donors (Lipinski definition) is 0. The van der Waals surface area contributed by atoms with Crippen molar-refractivity contribution in [2.24, 2.45) is 0 Å². The van der Waals surface area contributed by atoms with Gasteiger partial charge in [0.2, 0.25) is 0 Å². The number of aromatic nitrogens is 1. The first-order valence-corrected chi connectivity index (χ1v) is 7.05. The van der Waals surface area contributed by atoms with Gasteiger partial charge in [0.25, 0.3) is 0 Å². The summed E-state index contributed by atoms with van der Waals surface area (Å²) in [6.45, 7) is 6.94. The SMILES string of the molecule is CC(C)(C)P(c1ccccn1)C1C=CC=C1. The van der Waals surface area contributed by atoms with Crippen LogP contribution in [0.2, 0.25) is 0 Å². The molecule has 0 spiro atoms. The van der Waals surface area contributed by atoms with Crippen LogP contribution >= 0.6 is 7.92 Å². The van der Waals surface area contributed by atoms with Gasteiger partial charge in [-0.3, -0.25) is 4.98 Å². The van der Waals surface area contributed by atoms with Crippen LogP contribution in [0.3, 0.4) is 0 Å². The van der Waals surface area contributed by atoms with Gasteiger partial charge in [-0.1, -0.05) is 51.1 Å². The lowest BCUT2D eigenvalue weighted by molar-refractivity contribution is 0.783. The summed E-state index contributed by atoms with van der Waals surface area (Å²) in [5.74, 6) is 0. The van der Waals surface area contributed by atoms with Crippen molar-refractivity contribution in [3.05, 3.63) is 48.7 Å². The Labute approximate surface area is 99.1 Å². The van der Waals surface area contributed by atoms with Crippen molar-refractivity contribution in [3.8, 4) is 0 Å². The van der Waals surface area contributed by atoms with E-state index in [0.29, 0.717) is 5.66 Å². The highest BCUT2D eigenvalue weighted by Crippen LogP contribution is 2.53. The molecule has 1 heterocycles. The lowest BCUT2D eigenvalue weighted by Gasteiger charge is -2.34. The molecular weight excluding hydrogens is 213 g/mol. The monoisotopic (exact) mass is 231 g/mol. The Balaban J connectivity index is 2.36. The molecule has 2 rings (SSSR count). The number of hydrogen-bond acceptors (Lipinski definition) is 1. The second-order valence-corrected chi connectivity index (χ2v) is 8.13. The molecular formula is C14H18NP. The van der Waals surface area contributed by atoms with Crippen molar-refractivity contribution < 1.29 is 0 Å². The molecule has 0 radical (unpaired) electrons. The predicted molar refractivity (Wildman–Crippen MR) is 72.6 cm³/mol. The average molecular weight is 231 g/mol. The van der Waals surface area contributed by atoms with Gasteiger partial charge in [0, 0.05) is 11.9 Å². The van der Waals surface area contributed by atoms with Crippen LogP contribution in [0.15, 0.2) is 48.7 Å². The van der Waals surface area contributed by atoms with E-state index in [9.17, 15) is 0 Å². The first-order valence-electron chi connectivity index (χ1n) is 5.64. The minimum absolute atomic E-state index is 0.283. The number of pyridine rings is 1. The van der Waals surface area contributed by atoms with Crippen LogP contribution in [-0.2, 0) is 0 Å². The van der Waals surface area contributed by atoms with Crippen molar-refractivity contribution in [1.82, 2.24) is 4.98 Å². The maximum absolute atomic E-state index is 4.55. The van der Waals surface area contributed by atoms with E-state index < -0.39 is 0 Å². The summed E-state index contributed by atoms with van der Waals surface area (Å²) in [4.78, 5) is 4.55.